The summed E-state index contributed by atoms with van der Waals surface area (Å²) in [5.74, 6) is -0.352. The predicted octanol–water partition coefficient (Wildman–Crippen LogP) is 1.75. The molecular formula is C22H31N5O4. The topological polar surface area (TPSA) is 100 Å². The van der Waals surface area contributed by atoms with Crippen LogP contribution in [0.25, 0.3) is 0 Å². The first kappa shape index (κ1) is 21.5. The van der Waals surface area contributed by atoms with E-state index in [2.05, 4.69) is 10.4 Å². The van der Waals surface area contributed by atoms with Crippen molar-refractivity contribution in [2.45, 2.75) is 46.1 Å². The standard InChI is InChI=1S/C22H31N5O4/c1-4-27-19-17(10-22(14-23-20(19)28)5-7-30-8-6-22)18(25-27)9-15(2)13-31-21(29)16-11-24-26(3)12-16/h11-12,15H,4-10,13-14H2,1-3H3,(H,23,28). The molecule has 0 bridgehead atoms. The Labute approximate surface area is 182 Å². The van der Waals surface area contributed by atoms with Crippen LogP contribution in [0.5, 0.6) is 0 Å². The van der Waals surface area contributed by atoms with Crippen molar-refractivity contribution >= 4 is 11.9 Å². The molecule has 2 aromatic rings. The number of fused-ring (bicyclic) bond motifs is 1. The quantitative estimate of drug-likeness (QED) is 0.703. The Morgan fingerprint density at radius 2 is 2.16 bits per heavy atom. The number of carbonyl (C=O) groups excluding carboxylic acids is 2. The van der Waals surface area contributed by atoms with E-state index in [1.54, 1.807) is 17.9 Å². The van der Waals surface area contributed by atoms with Crippen molar-refractivity contribution in [2.24, 2.45) is 18.4 Å². The average molecular weight is 430 g/mol. The molecule has 9 heteroatoms. The lowest BCUT2D eigenvalue weighted by Gasteiger charge is -2.36. The molecule has 1 saturated heterocycles. The lowest BCUT2D eigenvalue weighted by atomic mass is 9.75. The minimum Gasteiger partial charge on any atom is -0.462 e. The average Bonchev–Trinajstić information content (AvgIpc) is 3.31. The Morgan fingerprint density at radius 3 is 2.84 bits per heavy atom. The number of esters is 1. The third-order valence-corrected chi connectivity index (χ3v) is 6.36. The van der Waals surface area contributed by atoms with Gasteiger partial charge in [0.15, 0.2) is 0 Å². The normalized spacial score (nSPS) is 18.9. The fraction of sp³-hybridized carbons (Fsp3) is 0.636. The molecule has 1 spiro atoms. The maximum Gasteiger partial charge on any atom is 0.341 e. The van der Waals surface area contributed by atoms with Gasteiger partial charge >= 0.3 is 5.97 Å². The molecule has 168 valence electrons. The number of hydrogen-bond acceptors (Lipinski definition) is 6. The Morgan fingerprint density at radius 1 is 1.39 bits per heavy atom. The smallest absolute Gasteiger partial charge is 0.341 e. The number of aromatic nitrogens is 4. The van der Waals surface area contributed by atoms with E-state index in [1.807, 2.05) is 18.5 Å². The van der Waals surface area contributed by atoms with Crippen LogP contribution in [0.4, 0.5) is 0 Å². The SMILES string of the molecule is CCn1nc(CC(C)COC(=O)c2cnn(C)c2)c2c1C(=O)NCC1(CCOCC1)C2. The molecular weight excluding hydrogens is 398 g/mol. The molecule has 1 N–H and O–H groups in total. The van der Waals surface area contributed by atoms with Crippen molar-refractivity contribution < 1.29 is 19.1 Å². The Hall–Kier alpha value is -2.68. The van der Waals surface area contributed by atoms with Crippen molar-refractivity contribution in [3.05, 3.63) is 34.9 Å². The maximum atomic E-state index is 12.9. The third kappa shape index (κ3) is 4.51. The molecule has 2 aliphatic rings. The molecule has 2 aliphatic heterocycles. The summed E-state index contributed by atoms with van der Waals surface area (Å²) in [7, 11) is 1.76. The number of amides is 1. The summed E-state index contributed by atoms with van der Waals surface area (Å²) >= 11 is 0. The van der Waals surface area contributed by atoms with Crippen LogP contribution in [-0.2, 0) is 35.9 Å². The van der Waals surface area contributed by atoms with E-state index < -0.39 is 0 Å². The Kier molecular flexibility index (Phi) is 6.13. The lowest BCUT2D eigenvalue weighted by Crippen LogP contribution is -2.40. The van der Waals surface area contributed by atoms with E-state index in [0.29, 0.717) is 30.8 Å². The fourth-order valence-corrected chi connectivity index (χ4v) is 4.55. The van der Waals surface area contributed by atoms with Crippen LogP contribution in [0.15, 0.2) is 12.4 Å². The highest BCUT2D eigenvalue weighted by molar-refractivity contribution is 5.94. The second-order valence-corrected chi connectivity index (χ2v) is 8.87. The summed E-state index contributed by atoms with van der Waals surface area (Å²) in [5, 5.41) is 11.9. The van der Waals surface area contributed by atoms with Crippen LogP contribution >= 0.6 is 0 Å². The summed E-state index contributed by atoms with van der Waals surface area (Å²) < 4.78 is 14.4. The highest BCUT2D eigenvalue weighted by atomic mass is 16.5. The maximum absolute atomic E-state index is 12.9. The predicted molar refractivity (Wildman–Crippen MR) is 113 cm³/mol. The molecule has 0 saturated carbocycles. The van der Waals surface area contributed by atoms with Gasteiger partial charge in [-0.25, -0.2) is 4.79 Å². The number of ether oxygens (including phenoxy) is 2. The van der Waals surface area contributed by atoms with Crippen molar-refractivity contribution in [3.8, 4) is 0 Å². The van der Waals surface area contributed by atoms with Crippen LogP contribution in [0.3, 0.4) is 0 Å². The van der Waals surface area contributed by atoms with Crippen molar-refractivity contribution in [3.63, 3.8) is 0 Å². The zero-order chi connectivity index (χ0) is 22.0. The second-order valence-electron chi connectivity index (χ2n) is 8.87. The molecule has 1 unspecified atom stereocenters. The zero-order valence-electron chi connectivity index (χ0n) is 18.5. The minimum atomic E-state index is -0.376. The second kappa shape index (κ2) is 8.82. The first-order valence-electron chi connectivity index (χ1n) is 11.0. The van der Waals surface area contributed by atoms with Gasteiger partial charge in [-0.05, 0) is 43.9 Å². The van der Waals surface area contributed by atoms with Gasteiger partial charge in [0.2, 0.25) is 0 Å². The number of hydrogen-bond donors (Lipinski definition) is 1. The third-order valence-electron chi connectivity index (χ3n) is 6.36. The molecule has 1 amide bonds. The largest absolute Gasteiger partial charge is 0.462 e. The summed E-state index contributed by atoms with van der Waals surface area (Å²) in [6, 6.07) is 0. The monoisotopic (exact) mass is 429 g/mol. The zero-order valence-corrected chi connectivity index (χ0v) is 18.5. The van der Waals surface area contributed by atoms with E-state index in [-0.39, 0.29) is 29.8 Å². The van der Waals surface area contributed by atoms with Crippen molar-refractivity contribution in [2.75, 3.05) is 26.4 Å². The first-order valence-corrected chi connectivity index (χ1v) is 11.0. The molecule has 0 radical (unpaired) electrons. The molecule has 4 heterocycles. The Balaban J connectivity index is 1.50. The molecule has 9 nitrogen and oxygen atoms in total. The van der Waals surface area contributed by atoms with Crippen molar-refractivity contribution in [1.82, 2.24) is 24.9 Å². The molecule has 0 aliphatic carbocycles. The number of carbonyl (C=O) groups is 2. The fourth-order valence-electron chi connectivity index (χ4n) is 4.55. The highest BCUT2D eigenvalue weighted by Gasteiger charge is 2.39. The van der Waals surface area contributed by atoms with Gasteiger partial charge in [0.1, 0.15) is 5.69 Å². The first-order chi connectivity index (χ1) is 14.9. The minimum absolute atomic E-state index is 0.0194. The molecule has 0 aromatic carbocycles. The van der Waals surface area contributed by atoms with Gasteiger partial charge in [0.05, 0.1) is 24.1 Å². The van der Waals surface area contributed by atoms with E-state index in [0.717, 1.165) is 43.7 Å². The molecule has 2 aromatic heterocycles. The summed E-state index contributed by atoms with van der Waals surface area (Å²) in [6.07, 6.45) is 6.48. The van der Waals surface area contributed by atoms with E-state index in [1.165, 1.54) is 6.20 Å². The number of nitrogens with zero attached hydrogens (tertiary/aromatic N) is 4. The van der Waals surface area contributed by atoms with Gasteiger partial charge in [-0.2, -0.15) is 10.2 Å². The molecule has 1 fully saturated rings. The van der Waals surface area contributed by atoms with Gasteiger partial charge in [-0.15, -0.1) is 0 Å². The van der Waals surface area contributed by atoms with E-state index in [9.17, 15) is 9.59 Å². The van der Waals surface area contributed by atoms with Gasteiger partial charge in [0.25, 0.3) is 5.91 Å². The van der Waals surface area contributed by atoms with Crippen LogP contribution in [0, 0.1) is 11.3 Å². The van der Waals surface area contributed by atoms with Crippen LogP contribution < -0.4 is 5.32 Å². The van der Waals surface area contributed by atoms with Gasteiger partial charge < -0.3 is 14.8 Å². The number of rotatable bonds is 6. The highest BCUT2D eigenvalue weighted by Crippen LogP contribution is 2.38. The van der Waals surface area contributed by atoms with E-state index >= 15 is 0 Å². The van der Waals surface area contributed by atoms with Crippen LogP contribution in [-0.4, -0.2) is 57.8 Å². The van der Waals surface area contributed by atoms with E-state index in [4.69, 9.17) is 14.6 Å². The summed E-state index contributed by atoms with van der Waals surface area (Å²) in [6.45, 7) is 7.08. The van der Waals surface area contributed by atoms with Gasteiger partial charge in [0, 0.05) is 45.1 Å². The summed E-state index contributed by atoms with van der Waals surface area (Å²) in [5.41, 5.74) is 3.12. The number of aryl methyl sites for hydroxylation is 2. The molecule has 1 atom stereocenters. The van der Waals surface area contributed by atoms with Gasteiger partial charge in [-0.1, -0.05) is 6.92 Å². The molecule has 4 rings (SSSR count). The number of nitrogens with one attached hydrogen (secondary N) is 1. The van der Waals surface area contributed by atoms with Crippen LogP contribution in [0.1, 0.15) is 58.8 Å². The molecule has 31 heavy (non-hydrogen) atoms. The Bertz CT molecular complexity index is 957. The van der Waals surface area contributed by atoms with Crippen LogP contribution in [0.2, 0.25) is 0 Å². The summed E-state index contributed by atoms with van der Waals surface area (Å²) in [4.78, 5) is 25.1. The van der Waals surface area contributed by atoms with Gasteiger partial charge in [-0.3, -0.25) is 14.2 Å². The van der Waals surface area contributed by atoms with Crippen molar-refractivity contribution in [1.29, 1.82) is 0 Å². The lowest BCUT2D eigenvalue weighted by molar-refractivity contribution is 0.0160.